The van der Waals surface area contributed by atoms with Gasteiger partial charge in [0, 0.05) is 22.3 Å². The van der Waals surface area contributed by atoms with E-state index in [4.69, 9.17) is 11.6 Å². The third-order valence-corrected chi connectivity index (χ3v) is 3.27. The molecule has 0 saturated heterocycles. The number of nitrogens with zero attached hydrogens (tertiary/aromatic N) is 1. The van der Waals surface area contributed by atoms with Crippen molar-refractivity contribution in [3.8, 4) is 0 Å². The van der Waals surface area contributed by atoms with Crippen LogP contribution in [-0.2, 0) is 6.54 Å². The van der Waals surface area contributed by atoms with Crippen LogP contribution in [0.3, 0.4) is 0 Å². The Morgan fingerprint density at radius 1 is 1.06 bits per heavy atom. The van der Waals surface area contributed by atoms with E-state index in [1.54, 1.807) is 12.1 Å². The van der Waals surface area contributed by atoms with E-state index in [0.29, 0.717) is 17.1 Å². The number of fused-ring (bicyclic) bond motifs is 1. The molecule has 1 heterocycles. The first-order valence-corrected chi connectivity index (χ1v) is 6.09. The summed E-state index contributed by atoms with van der Waals surface area (Å²) in [6.45, 7) is 0.510. The molecule has 1 aromatic heterocycles. The van der Waals surface area contributed by atoms with Gasteiger partial charge in [0.05, 0.1) is 6.54 Å². The molecule has 3 rings (SSSR count). The van der Waals surface area contributed by atoms with Gasteiger partial charge in [-0.25, -0.2) is 4.39 Å². The summed E-state index contributed by atoms with van der Waals surface area (Å²) in [7, 11) is 0. The van der Waals surface area contributed by atoms with Crippen molar-refractivity contribution < 1.29 is 4.39 Å². The van der Waals surface area contributed by atoms with Gasteiger partial charge in [0.1, 0.15) is 5.82 Å². The molecule has 3 heteroatoms. The minimum Gasteiger partial charge on any atom is -0.343 e. The van der Waals surface area contributed by atoms with Gasteiger partial charge >= 0.3 is 0 Å². The molecule has 0 aliphatic carbocycles. The van der Waals surface area contributed by atoms with Crippen LogP contribution in [0.4, 0.5) is 4.39 Å². The van der Waals surface area contributed by atoms with Crippen molar-refractivity contribution in [2.45, 2.75) is 6.54 Å². The third kappa shape index (κ3) is 2.00. The number of hydrogen-bond acceptors (Lipinski definition) is 0. The van der Waals surface area contributed by atoms with Crippen molar-refractivity contribution in [2.24, 2.45) is 0 Å². The van der Waals surface area contributed by atoms with Gasteiger partial charge in [-0.05, 0) is 29.7 Å². The Labute approximate surface area is 109 Å². The van der Waals surface area contributed by atoms with Crippen LogP contribution < -0.4 is 0 Å². The van der Waals surface area contributed by atoms with Crippen LogP contribution in [0.5, 0.6) is 0 Å². The lowest BCUT2D eigenvalue weighted by atomic mass is 10.2. The molecular formula is C15H11ClFN. The van der Waals surface area contributed by atoms with Crippen molar-refractivity contribution in [1.82, 2.24) is 4.57 Å². The SMILES string of the molecule is Fc1cc(Cl)ccc1Cn1ccc2ccccc21. The van der Waals surface area contributed by atoms with Crippen molar-refractivity contribution in [1.29, 1.82) is 0 Å². The van der Waals surface area contributed by atoms with Gasteiger partial charge in [0.15, 0.2) is 0 Å². The monoisotopic (exact) mass is 259 g/mol. The second-order valence-electron chi connectivity index (χ2n) is 4.24. The zero-order valence-corrected chi connectivity index (χ0v) is 10.4. The number of halogens is 2. The summed E-state index contributed by atoms with van der Waals surface area (Å²) in [6.07, 6.45) is 1.97. The summed E-state index contributed by atoms with van der Waals surface area (Å²) in [4.78, 5) is 0. The first-order chi connectivity index (χ1) is 8.74. The van der Waals surface area contributed by atoms with Gasteiger partial charge in [-0.2, -0.15) is 0 Å². The average Bonchev–Trinajstić information content (AvgIpc) is 2.76. The van der Waals surface area contributed by atoms with Crippen LogP contribution in [0.25, 0.3) is 10.9 Å². The van der Waals surface area contributed by atoms with Crippen LogP contribution in [0, 0.1) is 5.82 Å². The maximum atomic E-state index is 13.7. The number of benzene rings is 2. The van der Waals surface area contributed by atoms with E-state index in [-0.39, 0.29) is 5.82 Å². The Kier molecular flexibility index (Phi) is 2.80. The summed E-state index contributed by atoms with van der Waals surface area (Å²) < 4.78 is 15.8. The van der Waals surface area contributed by atoms with E-state index in [1.165, 1.54) is 6.07 Å². The molecule has 0 N–H and O–H groups in total. The zero-order valence-electron chi connectivity index (χ0n) is 9.61. The van der Waals surface area contributed by atoms with Crippen molar-refractivity contribution >= 4 is 22.5 Å². The summed E-state index contributed by atoms with van der Waals surface area (Å²) in [5.74, 6) is -0.264. The Morgan fingerprint density at radius 2 is 1.89 bits per heavy atom. The molecule has 90 valence electrons. The Balaban J connectivity index is 2.01. The maximum Gasteiger partial charge on any atom is 0.129 e. The molecule has 0 aliphatic rings. The molecule has 0 fully saturated rings. The summed E-state index contributed by atoms with van der Waals surface area (Å²) >= 11 is 5.75. The van der Waals surface area contributed by atoms with Gasteiger partial charge in [-0.1, -0.05) is 35.9 Å². The predicted octanol–water partition coefficient (Wildman–Crippen LogP) is 4.48. The number of rotatable bonds is 2. The number of aromatic nitrogens is 1. The lowest BCUT2D eigenvalue weighted by Crippen LogP contribution is -2.00. The maximum absolute atomic E-state index is 13.7. The van der Waals surface area contributed by atoms with E-state index in [1.807, 2.05) is 41.1 Å². The number of para-hydroxylation sites is 1. The van der Waals surface area contributed by atoms with Crippen LogP contribution >= 0.6 is 11.6 Å². The quantitative estimate of drug-likeness (QED) is 0.639. The van der Waals surface area contributed by atoms with E-state index >= 15 is 0 Å². The zero-order chi connectivity index (χ0) is 12.5. The molecule has 0 radical (unpaired) electrons. The molecule has 2 aromatic carbocycles. The molecule has 0 spiro atoms. The largest absolute Gasteiger partial charge is 0.343 e. The van der Waals surface area contributed by atoms with Crippen molar-refractivity contribution in [3.05, 3.63) is 71.1 Å². The molecule has 3 aromatic rings. The van der Waals surface area contributed by atoms with E-state index in [9.17, 15) is 4.39 Å². The smallest absolute Gasteiger partial charge is 0.129 e. The molecule has 18 heavy (non-hydrogen) atoms. The third-order valence-electron chi connectivity index (χ3n) is 3.04. The van der Waals surface area contributed by atoms with Crippen LogP contribution in [0.2, 0.25) is 5.02 Å². The van der Waals surface area contributed by atoms with Crippen LogP contribution in [0.15, 0.2) is 54.7 Å². The fourth-order valence-corrected chi connectivity index (χ4v) is 2.27. The minimum absolute atomic E-state index is 0.264. The molecule has 0 unspecified atom stereocenters. The van der Waals surface area contributed by atoms with E-state index < -0.39 is 0 Å². The van der Waals surface area contributed by atoms with Crippen molar-refractivity contribution in [3.63, 3.8) is 0 Å². The molecule has 0 aliphatic heterocycles. The lowest BCUT2D eigenvalue weighted by Gasteiger charge is -2.07. The van der Waals surface area contributed by atoms with Gasteiger partial charge in [-0.3, -0.25) is 0 Å². The van der Waals surface area contributed by atoms with Crippen LogP contribution in [0.1, 0.15) is 5.56 Å². The molecule has 1 nitrogen and oxygen atoms in total. The molecule has 0 saturated carbocycles. The van der Waals surface area contributed by atoms with Crippen molar-refractivity contribution in [2.75, 3.05) is 0 Å². The highest BCUT2D eigenvalue weighted by atomic mass is 35.5. The van der Waals surface area contributed by atoms with E-state index in [0.717, 1.165) is 10.9 Å². The van der Waals surface area contributed by atoms with Gasteiger partial charge in [0.2, 0.25) is 0 Å². The molecule has 0 atom stereocenters. The molecular weight excluding hydrogens is 249 g/mol. The number of hydrogen-bond donors (Lipinski definition) is 0. The second kappa shape index (κ2) is 4.46. The Hall–Kier alpha value is -1.80. The van der Waals surface area contributed by atoms with Crippen LogP contribution in [-0.4, -0.2) is 4.57 Å². The average molecular weight is 260 g/mol. The topological polar surface area (TPSA) is 4.93 Å². The minimum atomic E-state index is -0.264. The van der Waals surface area contributed by atoms with Gasteiger partial charge < -0.3 is 4.57 Å². The highest BCUT2D eigenvalue weighted by Gasteiger charge is 2.05. The fraction of sp³-hybridized carbons (Fsp3) is 0.0667. The standard InChI is InChI=1S/C15H11ClFN/c16-13-6-5-12(14(17)9-13)10-18-8-7-11-3-1-2-4-15(11)18/h1-9H,10H2. The normalized spacial score (nSPS) is 11.0. The summed E-state index contributed by atoms with van der Waals surface area (Å²) in [6, 6.07) is 14.9. The first-order valence-electron chi connectivity index (χ1n) is 5.72. The van der Waals surface area contributed by atoms with Gasteiger partial charge in [0.25, 0.3) is 0 Å². The molecule has 0 amide bonds. The predicted molar refractivity (Wildman–Crippen MR) is 72.5 cm³/mol. The summed E-state index contributed by atoms with van der Waals surface area (Å²) in [5, 5.41) is 1.58. The summed E-state index contributed by atoms with van der Waals surface area (Å²) in [5.41, 5.74) is 1.74. The fourth-order valence-electron chi connectivity index (χ4n) is 2.11. The lowest BCUT2D eigenvalue weighted by molar-refractivity contribution is 0.602. The highest BCUT2D eigenvalue weighted by Crippen LogP contribution is 2.19. The second-order valence-corrected chi connectivity index (χ2v) is 4.67. The Bertz CT molecular complexity index is 703. The highest BCUT2D eigenvalue weighted by molar-refractivity contribution is 6.30. The van der Waals surface area contributed by atoms with E-state index in [2.05, 4.69) is 0 Å². The van der Waals surface area contributed by atoms with Gasteiger partial charge in [-0.15, -0.1) is 0 Å². The molecule has 0 bridgehead atoms. The Morgan fingerprint density at radius 3 is 2.72 bits per heavy atom. The first kappa shape index (κ1) is 11.3.